The Morgan fingerprint density at radius 2 is 2.17 bits per heavy atom. The summed E-state index contributed by atoms with van der Waals surface area (Å²) in [6, 6.07) is 1.71. The van der Waals surface area contributed by atoms with Crippen molar-refractivity contribution in [1.82, 2.24) is 9.88 Å². The van der Waals surface area contributed by atoms with Crippen LogP contribution in [0, 0.1) is 0 Å². The Hall–Kier alpha value is -1.43. The predicted octanol–water partition coefficient (Wildman–Crippen LogP) is 1.87. The van der Waals surface area contributed by atoms with Gasteiger partial charge in [0.05, 0.1) is 12.7 Å². The SMILES string of the molecule is COC(=O)CCCN(C)C(=O)c1cncc(Br)c1. The minimum absolute atomic E-state index is 0.117. The fourth-order valence-electron chi connectivity index (χ4n) is 1.41. The Morgan fingerprint density at radius 1 is 1.44 bits per heavy atom. The van der Waals surface area contributed by atoms with Crippen molar-refractivity contribution in [3.63, 3.8) is 0 Å². The molecule has 6 heteroatoms. The van der Waals surface area contributed by atoms with E-state index in [0.717, 1.165) is 4.47 Å². The first kappa shape index (κ1) is 14.6. The van der Waals surface area contributed by atoms with Gasteiger partial charge < -0.3 is 9.64 Å². The highest BCUT2D eigenvalue weighted by Gasteiger charge is 2.12. The van der Waals surface area contributed by atoms with Gasteiger partial charge in [0.25, 0.3) is 5.91 Å². The summed E-state index contributed by atoms with van der Waals surface area (Å²) in [7, 11) is 3.05. The molecule has 0 aliphatic rings. The summed E-state index contributed by atoms with van der Waals surface area (Å²) >= 11 is 3.27. The smallest absolute Gasteiger partial charge is 0.305 e. The molecule has 0 atom stereocenters. The van der Waals surface area contributed by atoms with Crippen LogP contribution in [0.1, 0.15) is 23.2 Å². The molecule has 0 aromatic carbocycles. The minimum atomic E-state index is -0.264. The van der Waals surface area contributed by atoms with E-state index in [4.69, 9.17) is 0 Å². The highest BCUT2D eigenvalue weighted by molar-refractivity contribution is 9.10. The number of amides is 1. The number of methoxy groups -OCH3 is 1. The van der Waals surface area contributed by atoms with Gasteiger partial charge in [-0.3, -0.25) is 14.6 Å². The number of pyridine rings is 1. The maximum atomic E-state index is 12.0. The van der Waals surface area contributed by atoms with Crippen LogP contribution in [0.5, 0.6) is 0 Å². The average Bonchev–Trinajstić information content (AvgIpc) is 2.37. The normalized spacial score (nSPS) is 9.94. The van der Waals surface area contributed by atoms with Gasteiger partial charge in [-0.25, -0.2) is 0 Å². The summed E-state index contributed by atoms with van der Waals surface area (Å²) in [6.45, 7) is 0.500. The van der Waals surface area contributed by atoms with Gasteiger partial charge in [-0.1, -0.05) is 0 Å². The van der Waals surface area contributed by atoms with Gasteiger partial charge >= 0.3 is 5.97 Å². The summed E-state index contributed by atoms with van der Waals surface area (Å²) in [6.07, 6.45) is 4.03. The molecule has 1 aromatic heterocycles. The third-order valence-corrected chi connectivity index (χ3v) is 2.83. The fourth-order valence-corrected chi connectivity index (χ4v) is 1.78. The third-order valence-electron chi connectivity index (χ3n) is 2.40. The van der Waals surface area contributed by atoms with Crippen molar-refractivity contribution in [2.75, 3.05) is 20.7 Å². The minimum Gasteiger partial charge on any atom is -0.469 e. The molecule has 0 aliphatic carbocycles. The van der Waals surface area contributed by atoms with E-state index in [9.17, 15) is 9.59 Å². The third kappa shape index (κ3) is 4.44. The molecule has 0 saturated carbocycles. The van der Waals surface area contributed by atoms with E-state index < -0.39 is 0 Å². The van der Waals surface area contributed by atoms with Crippen LogP contribution >= 0.6 is 15.9 Å². The van der Waals surface area contributed by atoms with Crippen molar-refractivity contribution in [3.05, 3.63) is 28.5 Å². The lowest BCUT2D eigenvalue weighted by Crippen LogP contribution is -2.28. The molecule has 1 amide bonds. The number of halogens is 1. The van der Waals surface area contributed by atoms with Crippen molar-refractivity contribution in [1.29, 1.82) is 0 Å². The van der Waals surface area contributed by atoms with E-state index in [0.29, 0.717) is 24.9 Å². The first-order chi connectivity index (χ1) is 8.54. The zero-order valence-electron chi connectivity index (χ0n) is 10.4. The quantitative estimate of drug-likeness (QED) is 0.778. The molecule has 0 bridgehead atoms. The highest BCUT2D eigenvalue weighted by atomic mass is 79.9. The number of hydrogen-bond donors (Lipinski definition) is 0. The Morgan fingerprint density at radius 3 is 2.78 bits per heavy atom. The summed E-state index contributed by atoms with van der Waals surface area (Å²) in [5.74, 6) is -0.381. The van der Waals surface area contributed by atoms with Crippen LogP contribution in [0.4, 0.5) is 0 Å². The van der Waals surface area contributed by atoms with Crippen molar-refractivity contribution >= 4 is 27.8 Å². The van der Waals surface area contributed by atoms with Gasteiger partial charge in [0.15, 0.2) is 0 Å². The molecule has 0 radical (unpaired) electrons. The Balaban J connectivity index is 2.49. The van der Waals surface area contributed by atoms with Crippen LogP contribution < -0.4 is 0 Å². The molecule has 1 rings (SSSR count). The highest BCUT2D eigenvalue weighted by Crippen LogP contribution is 2.11. The lowest BCUT2D eigenvalue weighted by Gasteiger charge is -2.16. The fraction of sp³-hybridized carbons (Fsp3) is 0.417. The van der Waals surface area contributed by atoms with Crippen molar-refractivity contribution in [3.8, 4) is 0 Å². The molecule has 18 heavy (non-hydrogen) atoms. The molecule has 0 N–H and O–H groups in total. The number of hydrogen-bond acceptors (Lipinski definition) is 4. The topological polar surface area (TPSA) is 59.5 Å². The van der Waals surface area contributed by atoms with Gasteiger partial charge in [0.1, 0.15) is 0 Å². The van der Waals surface area contributed by atoms with E-state index in [1.807, 2.05) is 0 Å². The molecule has 0 unspecified atom stereocenters. The van der Waals surface area contributed by atoms with Gasteiger partial charge in [-0.15, -0.1) is 0 Å². The van der Waals surface area contributed by atoms with Crippen LogP contribution in [-0.4, -0.2) is 42.5 Å². The summed E-state index contributed by atoms with van der Waals surface area (Å²) in [5.41, 5.74) is 0.518. The van der Waals surface area contributed by atoms with E-state index in [1.54, 1.807) is 24.2 Å². The summed E-state index contributed by atoms with van der Waals surface area (Å²) in [4.78, 5) is 28.4. The van der Waals surface area contributed by atoms with Crippen LogP contribution in [0.15, 0.2) is 22.9 Å². The number of carbonyl (C=O) groups excluding carboxylic acids is 2. The standard InChI is InChI=1S/C12H15BrN2O3/c1-15(5-3-4-11(16)18-2)12(17)9-6-10(13)8-14-7-9/h6-8H,3-5H2,1-2H3. The second kappa shape index (κ2) is 7.10. The Bertz CT molecular complexity index is 437. The van der Waals surface area contributed by atoms with Crippen molar-refractivity contribution in [2.24, 2.45) is 0 Å². The monoisotopic (exact) mass is 314 g/mol. The maximum Gasteiger partial charge on any atom is 0.305 e. The number of aromatic nitrogens is 1. The molecular weight excluding hydrogens is 300 g/mol. The largest absolute Gasteiger partial charge is 0.469 e. The molecule has 0 fully saturated rings. The van der Waals surface area contributed by atoms with Crippen LogP contribution in [0.3, 0.4) is 0 Å². The molecule has 5 nitrogen and oxygen atoms in total. The molecule has 0 saturated heterocycles. The Kier molecular flexibility index (Phi) is 5.77. The Labute approximate surface area is 114 Å². The zero-order chi connectivity index (χ0) is 13.5. The number of ether oxygens (including phenoxy) is 1. The molecular formula is C12H15BrN2O3. The van der Waals surface area contributed by atoms with E-state index in [1.165, 1.54) is 13.3 Å². The number of nitrogens with zero attached hydrogens (tertiary/aromatic N) is 2. The van der Waals surface area contributed by atoms with Gasteiger partial charge in [0.2, 0.25) is 0 Å². The van der Waals surface area contributed by atoms with E-state index in [-0.39, 0.29) is 11.9 Å². The summed E-state index contributed by atoms with van der Waals surface area (Å²) < 4.78 is 5.29. The van der Waals surface area contributed by atoms with E-state index in [2.05, 4.69) is 25.7 Å². The van der Waals surface area contributed by atoms with Crippen molar-refractivity contribution < 1.29 is 14.3 Å². The predicted molar refractivity (Wildman–Crippen MR) is 70.1 cm³/mol. The number of rotatable bonds is 5. The lowest BCUT2D eigenvalue weighted by atomic mass is 10.2. The first-order valence-electron chi connectivity index (χ1n) is 5.47. The molecule has 98 valence electrons. The van der Waals surface area contributed by atoms with Crippen LogP contribution in [0.2, 0.25) is 0 Å². The van der Waals surface area contributed by atoms with Crippen molar-refractivity contribution in [2.45, 2.75) is 12.8 Å². The molecule has 1 aromatic rings. The van der Waals surface area contributed by atoms with Crippen LogP contribution in [-0.2, 0) is 9.53 Å². The summed E-state index contributed by atoms with van der Waals surface area (Å²) in [5, 5.41) is 0. The number of esters is 1. The van der Waals surface area contributed by atoms with E-state index >= 15 is 0 Å². The van der Waals surface area contributed by atoms with Gasteiger partial charge in [-0.05, 0) is 28.4 Å². The number of carbonyl (C=O) groups is 2. The second-order valence-corrected chi connectivity index (χ2v) is 4.71. The molecule has 1 heterocycles. The van der Waals surface area contributed by atoms with Crippen LogP contribution in [0.25, 0.3) is 0 Å². The maximum absolute atomic E-state index is 12.0. The first-order valence-corrected chi connectivity index (χ1v) is 6.26. The zero-order valence-corrected chi connectivity index (χ0v) is 11.9. The lowest BCUT2D eigenvalue weighted by molar-refractivity contribution is -0.140. The molecule has 0 spiro atoms. The molecule has 0 aliphatic heterocycles. The van der Waals surface area contributed by atoms with Gasteiger partial charge in [0, 0.05) is 36.9 Å². The second-order valence-electron chi connectivity index (χ2n) is 3.80. The average molecular weight is 315 g/mol. The van der Waals surface area contributed by atoms with Gasteiger partial charge in [-0.2, -0.15) is 0 Å².